The van der Waals surface area contributed by atoms with Gasteiger partial charge in [-0.05, 0) is 42.9 Å². The molecule has 2 aromatic rings. The van der Waals surface area contributed by atoms with Crippen LogP contribution in [0.2, 0.25) is 0 Å². The lowest BCUT2D eigenvalue weighted by atomic mass is 9.78. The van der Waals surface area contributed by atoms with Crippen LogP contribution in [0.5, 0.6) is 5.75 Å². The Kier molecular flexibility index (Phi) is 5.06. The summed E-state index contributed by atoms with van der Waals surface area (Å²) in [4.78, 5) is 22.0. The molecule has 2 fully saturated rings. The largest absolute Gasteiger partial charge is 0.493 e. The number of ketones is 1. The summed E-state index contributed by atoms with van der Waals surface area (Å²) < 4.78 is 6.10. The van der Waals surface area contributed by atoms with Crippen LogP contribution in [0.25, 0.3) is 0 Å². The molecular formula is C22H28N2O2S. The number of Topliss-reactive ketones (excluding diaryl/α,β-unsaturated/α-hetero) is 1. The van der Waals surface area contributed by atoms with Gasteiger partial charge in [-0.3, -0.25) is 9.78 Å². The number of hydrogen-bond acceptors (Lipinski definition) is 5. The van der Waals surface area contributed by atoms with Gasteiger partial charge >= 0.3 is 0 Å². The summed E-state index contributed by atoms with van der Waals surface area (Å²) in [5.74, 6) is 2.30. The van der Waals surface area contributed by atoms with Crippen molar-refractivity contribution in [1.29, 1.82) is 0 Å². The number of ether oxygens (including phenoxy) is 1. The summed E-state index contributed by atoms with van der Waals surface area (Å²) >= 11 is 1.62. The number of pyridine rings is 1. The van der Waals surface area contributed by atoms with E-state index in [9.17, 15) is 4.79 Å². The van der Waals surface area contributed by atoms with Crippen LogP contribution < -0.4 is 4.74 Å². The van der Waals surface area contributed by atoms with Gasteiger partial charge in [0.2, 0.25) is 0 Å². The molecule has 0 amide bonds. The highest BCUT2D eigenvalue weighted by Crippen LogP contribution is 2.45. The smallest absolute Gasteiger partial charge is 0.182 e. The van der Waals surface area contributed by atoms with Crippen LogP contribution in [-0.4, -0.2) is 22.4 Å². The molecule has 144 valence electrons. The Balaban J connectivity index is 1.54. The first-order valence-corrected chi connectivity index (χ1v) is 10.8. The third-order valence-electron chi connectivity index (χ3n) is 5.55. The fraction of sp³-hybridized carbons (Fsp3) is 0.591. The van der Waals surface area contributed by atoms with Crippen molar-refractivity contribution in [3.8, 4) is 5.75 Å². The molecule has 0 saturated heterocycles. The number of thiazole rings is 1. The van der Waals surface area contributed by atoms with E-state index in [2.05, 4.69) is 30.7 Å². The van der Waals surface area contributed by atoms with Gasteiger partial charge in [-0.2, -0.15) is 0 Å². The maximum atomic E-state index is 13.1. The van der Waals surface area contributed by atoms with Crippen LogP contribution in [0.4, 0.5) is 0 Å². The van der Waals surface area contributed by atoms with Gasteiger partial charge in [0, 0.05) is 41.7 Å². The normalized spacial score (nSPS) is 18.3. The van der Waals surface area contributed by atoms with Gasteiger partial charge in [0.1, 0.15) is 11.4 Å². The fourth-order valence-corrected chi connectivity index (χ4v) is 4.36. The van der Waals surface area contributed by atoms with E-state index in [1.165, 1.54) is 31.2 Å². The van der Waals surface area contributed by atoms with Gasteiger partial charge in [0.05, 0.1) is 11.6 Å². The zero-order valence-corrected chi connectivity index (χ0v) is 17.2. The summed E-state index contributed by atoms with van der Waals surface area (Å²) in [5.41, 5.74) is 1.67. The lowest BCUT2D eigenvalue weighted by Crippen LogP contribution is -2.22. The lowest BCUT2D eigenvalue weighted by molar-refractivity contribution is 0.0945. The predicted octanol–water partition coefficient (Wildman–Crippen LogP) is 5.61. The minimum absolute atomic E-state index is 0.0350. The van der Waals surface area contributed by atoms with Crippen molar-refractivity contribution in [2.45, 2.75) is 64.7 Å². The van der Waals surface area contributed by atoms with Crippen molar-refractivity contribution < 1.29 is 9.53 Å². The minimum Gasteiger partial charge on any atom is -0.493 e. The Labute approximate surface area is 165 Å². The predicted molar refractivity (Wildman–Crippen MR) is 108 cm³/mol. The van der Waals surface area contributed by atoms with Gasteiger partial charge in [-0.15, -0.1) is 11.3 Å². The molecule has 5 heteroatoms. The van der Waals surface area contributed by atoms with E-state index in [1.54, 1.807) is 11.3 Å². The highest BCUT2D eigenvalue weighted by Gasteiger charge is 2.33. The molecule has 1 atom stereocenters. The van der Waals surface area contributed by atoms with Crippen molar-refractivity contribution >= 4 is 17.1 Å². The van der Waals surface area contributed by atoms with Crippen LogP contribution in [0.3, 0.4) is 0 Å². The van der Waals surface area contributed by atoms with E-state index in [0.29, 0.717) is 24.0 Å². The van der Waals surface area contributed by atoms with Crippen LogP contribution in [0, 0.1) is 11.3 Å². The molecule has 1 unspecified atom stereocenters. The molecule has 2 heterocycles. The number of carbonyl (C=O) groups is 1. The zero-order valence-electron chi connectivity index (χ0n) is 16.4. The average molecular weight is 385 g/mol. The van der Waals surface area contributed by atoms with Crippen LogP contribution in [0.15, 0.2) is 23.8 Å². The maximum Gasteiger partial charge on any atom is 0.182 e. The Hall–Kier alpha value is -1.75. The quantitative estimate of drug-likeness (QED) is 0.555. The SMILES string of the molecule is CC(C)(C)C(CC(=O)c1cc(OCC2CC2)c(C2CC2)cn1)c1nccs1. The second-order valence-electron chi connectivity index (χ2n) is 9.05. The Morgan fingerprint density at radius 3 is 2.63 bits per heavy atom. The van der Waals surface area contributed by atoms with Crippen molar-refractivity contribution in [3.63, 3.8) is 0 Å². The van der Waals surface area contributed by atoms with E-state index in [4.69, 9.17) is 4.74 Å². The molecule has 0 radical (unpaired) electrons. The maximum absolute atomic E-state index is 13.1. The molecular weight excluding hydrogens is 356 g/mol. The molecule has 2 aromatic heterocycles. The molecule has 0 aromatic carbocycles. The van der Waals surface area contributed by atoms with E-state index in [0.717, 1.165) is 17.4 Å². The Morgan fingerprint density at radius 1 is 1.26 bits per heavy atom. The standard InChI is InChI=1S/C22H28N2O2S/c1-22(2,3)17(21-23-8-9-27-21)10-19(25)18-11-20(26-13-14-4-5-14)16(12-24-18)15-6-7-15/h8-9,11-12,14-15,17H,4-7,10,13H2,1-3H3. The molecule has 27 heavy (non-hydrogen) atoms. The second kappa shape index (κ2) is 7.34. The third-order valence-corrected chi connectivity index (χ3v) is 6.44. The second-order valence-corrected chi connectivity index (χ2v) is 9.98. The first-order valence-electron chi connectivity index (χ1n) is 9.97. The number of rotatable bonds is 8. The highest BCUT2D eigenvalue weighted by molar-refractivity contribution is 7.09. The number of carbonyl (C=O) groups excluding carboxylic acids is 1. The van der Waals surface area contributed by atoms with Crippen LogP contribution >= 0.6 is 11.3 Å². The average Bonchev–Trinajstić information content (AvgIpc) is 3.56. The number of nitrogens with zero attached hydrogens (tertiary/aromatic N) is 2. The van der Waals surface area contributed by atoms with Gasteiger partial charge < -0.3 is 4.74 Å². The van der Waals surface area contributed by atoms with Gasteiger partial charge in [-0.1, -0.05) is 20.8 Å². The zero-order chi connectivity index (χ0) is 19.0. The first-order chi connectivity index (χ1) is 12.9. The van der Waals surface area contributed by atoms with E-state index >= 15 is 0 Å². The van der Waals surface area contributed by atoms with E-state index < -0.39 is 0 Å². The summed E-state index contributed by atoms with van der Waals surface area (Å²) in [7, 11) is 0. The van der Waals surface area contributed by atoms with Gasteiger partial charge in [0.15, 0.2) is 5.78 Å². The molecule has 2 aliphatic rings. The fourth-order valence-electron chi connectivity index (χ4n) is 3.38. The molecule has 2 saturated carbocycles. The molecule has 4 rings (SSSR count). The summed E-state index contributed by atoms with van der Waals surface area (Å²) in [6.45, 7) is 7.27. The minimum atomic E-state index is -0.0350. The van der Waals surface area contributed by atoms with E-state index in [1.807, 2.05) is 23.8 Å². The number of hydrogen-bond donors (Lipinski definition) is 0. The Bertz CT molecular complexity index is 802. The van der Waals surface area contributed by atoms with Crippen molar-refractivity contribution in [3.05, 3.63) is 40.1 Å². The lowest BCUT2D eigenvalue weighted by Gasteiger charge is -2.28. The summed E-state index contributed by atoms with van der Waals surface area (Å²) in [6, 6.07) is 1.89. The van der Waals surface area contributed by atoms with Crippen molar-refractivity contribution in [2.24, 2.45) is 11.3 Å². The first kappa shape index (κ1) is 18.6. The summed E-state index contributed by atoms with van der Waals surface area (Å²) in [5, 5.41) is 3.00. The number of aromatic nitrogens is 2. The van der Waals surface area contributed by atoms with Gasteiger partial charge in [-0.25, -0.2) is 4.98 Å². The monoisotopic (exact) mass is 384 g/mol. The molecule has 2 aliphatic carbocycles. The summed E-state index contributed by atoms with van der Waals surface area (Å²) in [6.07, 6.45) is 9.04. The molecule has 0 bridgehead atoms. The topological polar surface area (TPSA) is 52.1 Å². The third kappa shape index (κ3) is 4.57. The molecule has 0 aliphatic heterocycles. The van der Waals surface area contributed by atoms with E-state index in [-0.39, 0.29) is 17.1 Å². The Morgan fingerprint density at radius 2 is 2.04 bits per heavy atom. The van der Waals surface area contributed by atoms with Crippen molar-refractivity contribution in [2.75, 3.05) is 6.61 Å². The molecule has 4 nitrogen and oxygen atoms in total. The van der Waals surface area contributed by atoms with Crippen LogP contribution in [-0.2, 0) is 0 Å². The molecule has 0 spiro atoms. The highest BCUT2D eigenvalue weighted by atomic mass is 32.1. The van der Waals surface area contributed by atoms with Crippen LogP contribution in [0.1, 0.15) is 85.8 Å². The molecule has 0 N–H and O–H groups in total. The van der Waals surface area contributed by atoms with Gasteiger partial charge in [0.25, 0.3) is 0 Å². The van der Waals surface area contributed by atoms with Crippen molar-refractivity contribution in [1.82, 2.24) is 9.97 Å².